The van der Waals surface area contributed by atoms with Gasteiger partial charge in [-0.2, -0.15) is 0 Å². The maximum Gasteiger partial charge on any atom is 0.266 e. The molecule has 152 valence electrons. The van der Waals surface area contributed by atoms with Gasteiger partial charge in [0.15, 0.2) is 6.10 Å². The van der Waals surface area contributed by atoms with Gasteiger partial charge >= 0.3 is 0 Å². The quantitative estimate of drug-likeness (QED) is 0.604. The number of hydrogen-bond donors (Lipinski definition) is 0. The van der Waals surface area contributed by atoms with Crippen molar-refractivity contribution in [2.75, 3.05) is 16.6 Å². The van der Waals surface area contributed by atoms with E-state index in [1.165, 1.54) is 4.90 Å². The van der Waals surface area contributed by atoms with Gasteiger partial charge in [0.25, 0.3) is 5.91 Å². The van der Waals surface area contributed by atoms with Crippen LogP contribution in [0.3, 0.4) is 0 Å². The number of rotatable bonds is 5. The van der Waals surface area contributed by atoms with E-state index >= 15 is 0 Å². The van der Waals surface area contributed by atoms with Crippen molar-refractivity contribution in [1.82, 2.24) is 0 Å². The van der Waals surface area contributed by atoms with E-state index in [4.69, 9.17) is 14.0 Å². The van der Waals surface area contributed by atoms with Gasteiger partial charge in [0.1, 0.15) is 23.5 Å². The van der Waals surface area contributed by atoms with Gasteiger partial charge in [0, 0.05) is 0 Å². The van der Waals surface area contributed by atoms with E-state index in [-0.39, 0.29) is 11.8 Å². The molecule has 0 radical (unpaired) electrons. The van der Waals surface area contributed by atoms with Crippen LogP contribution in [-0.2, 0) is 14.4 Å². The van der Waals surface area contributed by atoms with Gasteiger partial charge in [0.05, 0.1) is 24.2 Å². The molecule has 0 bridgehead atoms. The normalized spacial score (nSPS) is 23.2. The molecule has 0 unspecified atom stereocenters. The molecule has 0 spiro atoms. The van der Waals surface area contributed by atoms with Crippen LogP contribution < -0.4 is 14.7 Å². The summed E-state index contributed by atoms with van der Waals surface area (Å²) in [5.74, 6) is -0.157. The Balaban J connectivity index is 1.51. The summed E-state index contributed by atoms with van der Waals surface area (Å²) in [6.07, 6.45) is 0.636. The molecular weight excluding hydrogens is 384 g/mol. The van der Waals surface area contributed by atoms with E-state index < -0.39 is 18.1 Å². The molecule has 7 heteroatoms. The van der Waals surface area contributed by atoms with E-state index in [9.17, 15) is 9.59 Å². The third kappa shape index (κ3) is 2.86. The molecule has 2 aliphatic heterocycles. The number of carbonyl (C=O) groups excluding carboxylic acids is 2. The highest BCUT2D eigenvalue weighted by Gasteiger charge is 2.61. The number of fused-ring (bicyclic) bond motifs is 1. The van der Waals surface area contributed by atoms with E-state index in [0.29, 0.717) is 23.8 Å². The molecular formula is C23H20N2O5. The van der Waals surface area contributed by atoms with Crippen LogP contribution in [0.1, 0.15) is 18.7 Å². The molecule has 2 aliphatic rings. The molecule has 3 heterocycles. The maximum atomic E-state index is 13.4. The van der Waals surface area contributed by atoms with Gasteiger partial charge in [-0.15, -0.1) is 0 Å². The van der Waals surface area contributed by atoms with Crippen molar-refractivity contribution in [3.63, 3.8) is 0 Å². The summed E-state index contributed by atoms with van der Waals surface area (Å²) in [7, 11) is 0. The van der Waals surface area contributed by atoms with Crippen LogP contribution >= 0.6 is 0 Å². The third-order valence-electron chi connectivity index (χ3n) is 5.37. The Labute approximate surface area is 173 Å². The van der Waals surface area contributed by atoms with Crippen LogP contribution in [0, 0.1) is 5.92 Å². The SMILES string of the molecule is CCOc1ccc(N2C(=O)[C@@H]3[C@H](ON(c4ccccc4)[C@@H]3c3ccco3)C2=O)cc1. The number of carbonyl (C=O) groups is 2. The zero-order valence-corrected chi connectivity index (χ0v) is 16.3. The number of hydrogen-bond acceptors (Lipinski definition) is 6. The summed E-state index contributed by atoms with van der Waals surface area (Å²) < 4.78 is 11.1. The number of furan rings is 1. The molecule has 2 amide bonds. The molecule has 0 N–H and O–H groups in total. The second kappa shape index (κ2) is 7.35. The summed E-state index contributed by atoms with van der Waals surface area (Å²) in [4.78, 5) is 33.8. The van der Waals surface area contributed by atoms with Crippen molar-refractivity contribution in [3.05, 3.63) is 78.8 Å². The minimum atomic E-state index is -0.917. The summed E-state index contributed by atoms with van der Waals surface area (Å²) >= 11 is 0. The number of para-hydroxylation sites is 1. The number of hydroxylamine groups is 1. The number of amides is 2. The highest BCUT2D eigenvalue weighted by Crippen LogP contribution is 2.47. The number of ether oxygens (including phenoxy) is 1. The standard InChI is InChI=1S/C23H20N2O5/c1-2-28-17-12-10-15(11-13-17)24-22(26)19-20(18-9-6-14-29-18)25(30-21(19)23(24)27)16-7-4-3-5-8-16/h3-14,19-21H,2H2,1H3/t19-,20+,21-/m0/s1. The first-order valence-corrected chi connectivity index (χ1v) is 9.84. The molecule has 1 aromatic heterocycles. The monoisotopic (exact) mass is 404 g/mol. The second-order valence-corrected chi connectivity index (χ2v) is 7.11. The zero-order valence-electron chi connectivity index (χ0n) is 16.3. The summed E-state index contributed by atoms with van der Waals surface area (Å²) in [6.45, 7) is 2.44. The molecule has 0 aliphatic carbocycles. The second-order valence-electron chi connectivity index (χ2n) is 7.11. The lowest BCUT2D eigenvalue weighted by atomic mass is 9.94. The first-order valence-electron chi connectivity index (χ1n) is 9.84. The molecule has 0 saturated carbocycles. The van der Waals surface area contributed by atoms with Crippen molar-refractivity contribution in [2.45, 2.75) is 19.1 Å². The maximum absolute atomic E-state index is 13.4. The lowest BCUT2D eigenvalue weighted by Gasteiger charge is -2.27. The van der Waals surface area contributed by atoms with Gasteiger partial charge in [0.2, 0.25) is 5.91 Å². The van der Waals surface area contributed by atoms with Gasteiger partial charge in [-0.05, 0) is 55.5 Å². The van der Waals surface area contributed by atoms with E-state index in [0.717, 1.165) is 5.69 Å². The van der Waals surface area contributed by atoms with Crippen LogP contribution in [0.2, 0.25) is 0 Å². The minimum absolute atomic E-state index is 0.311. The molecule has 30 heavy (non-hydrogen) atoms. The average Bonchev–Trinajstić information content (AvgIpc) is 3.48. The van der Waals surface area contributed by atoms with Crippen molar-refractivity contribution < 1.29 is 23.6 Å². The first kappa shape index (κ1) is 18.4. The molecule has 3 aromatic rings. The van der Waals surface area contributed by atoms with Crippen molar-refractivity contribution in [1.29, 1.82) is 0 Å². The van der Waals surface area contributed by atoms with Crippen LogP contribution in [0.25, 0.3) is 0 Å². The topological polar surface area (TPSA) is 72.2 Å². The smallest absolute Gasteiger partial charge is 0.266 e. The molecule has 7 nitrogen and oxygen atoms in total. The first-order chi connectivity index (χ1) is 14.7. The number of nitrogens with zero attached hydrogens (tertiary/aromatic N) is 2. The summed E-state index contributed by atoms with van der Waals surface area (Å²) in [5, 5.41) is 1.61. The van der Waals surface area contributed by atoms with Crippen molar-refractivity contribution in [2.24, 2.45) is 5.92 Å². The molecule has 3 atom stereocenters. The third-order valence-corrected chi connectivity index (χ3v) is 5.37. The summed E-state index contributed by atoms with van der Waals surface area (Å²) in [5.41, 5.74) is 1.25. The Hall–Kier alpha value is -3.58. The van der Waals surface area contributed by atoms with Crippen LogP contribution in [0.4, 0.5) is 11.4 Å². The number of anilines is 2. The fourth-order valence-electron chi connectivity index (χ4n) is 4.07. The Kier molecular flexibility index (Phi) is 4.52. The Morgan fingerprint density at radius 2 is 1.67 bits per heavy atom. The van der Waals surface area contributed by atoms with Crippen LogP contribution in [-0.4, -0.2) is 24.5 Å². The number of benzene rings is 2. The Bertz CT molecular complexity index is 1050. The molecule has 5 rings (SSSR count). The van der Waals surface area contributed by atoms with Crippen LogP contribution in [0.5, 0.6) is 5.75 Å². The van der Waals surface area contributed by atoms with Gasteiger partial charge in [-0.3, -0.25) is 14.4 Å². The van der Waals surface area contributed by atoms with Gasteiger partial charge < -0.3 is 9.15 Å². The zero-order chi connectivity index (χ0) is 20.7. The van der Waals surface area contributed by atoms with Gasteiger partial charge in [-0.1, -0.05) is 18.2 Å². The van der Waals surface area contributed by atoms with E-state index in [2.05, 4.69) is 0 Å². The highest BCUT2D eigenvalue weighted by molar-refractivity contribution is 6.23. The predicted molar refractivity (Wildman–Crippen MR) is 109 cm³/mol. The molecule has 2 saturated heterocycles. The average molecular weight is 404 g/mol. The highest BCUT2D eigenvalue weighted by atomic mass is 16.7. The summed E-state index contributed by atoms with van der Waals surface area (Å²) in [6, 6.07) is 19.3. The van der Waals surface area contributed by atoms with E-state index in [1.807, 2.05) is 37.3 Å². The van der Waals surface area contributed by atoms with Crippen LogP contribution in [0.15, 0.2) is 77.4 Å². The predicted octanol–water partition coefficient (Wildman–Crippen LogP) is 3.73. The van der Waals surface area contributed by atoms with Gasteiger partial charge in [-0.25, -0.2) is 9.96 Å². The lowest BCUT2D eigenvalue weighted by Crippen LogP contribution is -2.37. The fraction of sp³-hybridized carbons (Fsp3) is 0.217. The Morgan fingerprint density at radius 1 is 0.900 bits per heavy atom. The largest absolute Gasteiger partial charge is 0.494 e. The van der Waals surface area contributed by atoms with Crippen molar-refractivity contribution in [3.8, 4) is 5.75 Å². The van der Waals surface area contributed by atoms with Crippen molar-refractivity contribution >= 4 is 23.2 Å². The minimum Gasteiger partial charge on any atom is -0.494 e. The number of imide groups is 1. The fourth-order valence-corrected chi connectivity index (χ4v) is 4.07. The lowest BCUT2D eigenvalue weighted by molar-refractivity contribution is -0.126. The Morgan fingerprint density at radius 3 is 2.33 bits per heavy atom. The molecule has 2 fully saturated rings. The van der Waals surface area contributed by atoms with E-state index in [1.54, 1.807) is 47.7 Å². The molecule has 2 aromatic carbocycles.